The number of ether oxygens (including phenoxy) is 2. The summed E-state index contributed by atoms with van der Waals surface area (Å²) in [5, 5.41) is 31.5. The molecule has 0 radical (unpaired) electrons. The Labute approximate surface area is 233 Å². The molecule has 0 heterocycles. The Hall–Kier alpha value is -4.38. The van der Waals surface area contributed by atoms with Crippen molar-refractivity contribution in [2.45, 2.75) is 33.6 Å². The number of amides is 1. The minimum absolute atomic E-state index is 0.0679. The maximum Gasteiger partial charge on any atom is 0.307 e. The van der Waals surface area contributed by atoms with Crippen molar-refractivity contribution >= 4 is 62.2 Å². The number of esters is 2. The molecule has 0 aliphatic rings. The number of non-ortho nitro benzene ring substituents is 1. The lowest BCUT2D eigenvalue weighted by atomic mass is 10.2. The van der Waals surface area contributed by atoms with Crippen molar-refractivity contribution in [1.29, 1.82) is 5.26 Å². The molecule has 0 spiro atoms. The van der Waals surface area contributed by atoms with Crippen molar-refractivity contribution in [3.63, 3.8) is 0 Å². The van der Waals surface area contributed by atoms with Crippen LogP contribution in [-0.4, -0.2) is 49.1 Å². The molecular formula is C25H27BrN6O7. The Kier molecular flexibility index (Phi) is 12.0. The summed E-state index contributed by atoms with van der Waals surface area (Å²) >= 11 is 3.19. The quantitative estimate of drug-likeness (QED) is 0.137. The highest BCUT2D eigenvalue weighted by atomic mass is 79.9. The van der Waals surface area contributed by atoms with Crippen LogP contribution in [0.4, 0.5) is 28.4 Å². The molecule has 1 N–H and O–H groups in total. The van der Waals surface area contributed by atoms with Gasteiger partial charge in [0.05, 0.1) is 46.7 Å². The number of nitriles is 1. The Bertz CT molecular complexity index is 1290. The second-order valence-electron chi connectivity index (χ2n) is 7.87. The van der Waals surface area contributed by atoms with E-state index in [9.17, 15) is 29.8 Å². The lowest BCUT2D eigenvalue weighted by Gasteiger charge is -2.25. The third-order valence-electron chi connectivity index (χ3n) is 5.08. The summed E-state index contributed by atoms with van der Waals surface area (Å²) in [5.74, 6) is -1.18. The topological polar surface area (TPSA) is 177 Å². The molecule has 0 aromatic heterocycles. The van der Waals surface area contributed by atoms with Crippen molar-refractivity contribution < 1.29 is 28.8 Å². The molecule has 0 saturated heterocycles. The van der Waals surface area contributed by atoms with Gasteiger partial charge < -0.3 is 19.7 Å². The van der Waals surface area contributed by atoms with Gasteiger partial charge in [-0.2, -0.15) is 5.26 Å². The summed E-state index contributed by atoms with van der Waals surface area (Å²) < 4.78 is 10.2. The Balaban J connectivity index is 2.44. The largest absolute Gasteiger partial charge is 0.466 e. The van der Waals surface area contributed by atoms with Crippen LogP contribution in [0.15, 0.2) is 45.0 Å². The summed E-state index contributed by atoms with van der Waals surface area (Å²) in [6.45, 7) is 5.68. The average molecular weight is 603 g/mol. The number of hydrogen-bond acceptors (Lipinski definition) is 11. The number of anilines is 2. The van der Waals surface area contributed by atoms with Crippen LogP contribution in [0.1, 0.15) is 39.2 Å². The number of hydrogen-bond donors (Lipinski definition) is 1. The molecule has 39 heavy (non-hydrogen) atoms. The van der Waals surface area contributed by atoms with Crippen LogP contribution in [-0.2, 0) is 23.9 Å². The fraction of sp³-hybridized carbons (Fsp3) is 0.360. The van der Waals surface area contributed by atoms with Gasteiger partial charge in [-0.1, -0.05) is 0 Å². The smallest absolute Gasteiger partial charge is 0.307 e. The number of nitro groups is 1. The molecule has 0 fully saturated rings. The monoisotopic (exact) mass is 602 g/mol. The molecule has 0 aliphatic carbocycles. The van der Waals surface area contributed by atoms with E-state index in [0.29, 0.717) is 5.69 Å². The lowest BCUT2D eigenvalue weighted by molar-refractivity contribution is -0.384. The van der Waals surface area contributed by atoms with Crippen LogP contribution in [0.5, 0.6) is 0 Å². The molecule has 0 saturated carbocycles. The fourth-order valence-electron chi connectivity index (χ4n) is 3.37. The Morgan fingerprint density at radius 1 is 1.08 bits per heavy atom. The van der Waals surface area contributed by atoms with Crippen molar-refractivity contribution in [1.82, 2.24) is 0 Å². The molecule has 0 unspecified atom stereocenters. The van der Waals surface area contributed by atoms with Crippen molar-refractivity contribution in [2.24, 2.45) is 10.2 Å². The van der Waals surface area contributed by atoms with E-state index >= 15 is 0 Å². The maximum atomic E-state index is 12.0. The first-order valence-corrected chi connectivity index (χ1v) is 12.7. The van der Waals surface area contributed by atoms with Crippen molar-refractivity contribution in [2.75, 3.05) is 36.5 Å². The van der Waals surface area contributed by atoms with E-state index in [1.165, 1.54) is 13.0 Å². The molecule has 2 aromatic rings. The minimum atomic E-state index is -0.629. The van der Waals surface area contributed by atoms with Gasteiger partial charge in [-0.25, -0.2) is 0 Å². The predicted molar refractivity (Wildman–Crippen MR) is 145 cm³/mol. The number of azo groups is 1. The van der Waals surface area contributed by atoms with E-state index in [1.54, 1.807) is 36.9 Å². The third-order valence-corrected chi connectivity index (χ3v) is 5.68. The van der Waals surface area contributed by atoms with E-state index < -0.39 is 16.9 Å². The zero-order valence-corrected chi connectivity index (χ0v) is 23.2. The lowest BCUT2D eigenvalue weighted by Crippen LogP contribution is -2.29. The number of nitrogens with zero attached hydrogens (tertiary/aromatic N) is 5. The third kappa shape index (κ3) is 9.46. The van der Waals surface area contributed by atoms with Gasteiger partial charge in [0, 0.05) is 37.8 Å². The Morgan fingerprint density at radius 2 is 1.69 bits per heavy atom. The fourth-order valence-corrected chi connectivity index (χ4v) is 3.89. The van der Waals surface area contributed by atoms with Gasteiger partial charge in [0.25, 0.3) is 5.69 Å². The minimum Gasteiger partial charge on any atom is -0.466 e. The number of halogens is 1. The van der Waals surface area contributed by atoms with Gasteiger partial charge in [0.2, 0.25) is 5.91 Å². The zero-order chi connectivity index (χ0) is 28.9. The number of nitro benzene ring substituents is 1. The van der Waals surface area contributed by atoms with Gasteiger partial charge in [-0.15, -0.1) is 10.2 Å². The van der Waals surface area contributed by atoms with Gasteiger partial charge in [0.15, 0.2) is 0 Å². The van der Waals surface area contributed by atoms with Crippen LogP contribution in [0.2, 0.25) is 0 Å². The van der Waals surface area contributed by atoms with E-state index in [2.05, 4.69) is 31.5 Å². The summed E-state index contributed by atoms with van der Waals surface area (Å²) in [5.41, 5.74) is 0.816. The Morgan fingerprint density at radius 3 is 2.21 bits per heavy atom. The van der Waals surface area contributed by atoms with E-state index in [1.807, 2.05) is 6.07 Å². The molecule has 0 aliphatic heterocycles. The first-order valence-electron chi connectivity index (χ1n) is 11.9. The summed E-state index contributed by atoms with van der Waals surface area (Å²) in [7, 11) is 0. The molecular weight excluding hydrogens is 576 g/mol. The van der Waals surface area contributed by atoms with E-state index in [0.717, 1.165) is 6.07 Å². The summed E-state index contributed by atoms with van der Waals surface area (Å²) in [4.78, 5) is 48.1. The normalized spacial score (nSPS) is 10.5. The standard InChI is InChI=1S/C25H27BrN6O7/c1-4-38-23(34)8-10-31(11-9-24(35)39-5-2)18-6-7-21(22(14-18)28-16(3)33)29-30-25-17(15-27)12-19(32(36)37)13-20(25)26/h6-7,12-14H,4-5,8-11H2,1-3H3,(H,28,33). The number of carbonyl (C=O) groups is 3. The first kappa shape index (κ1) is 30.8. The van der Waals surface area contributed by atoms with E-state index in [-0.39, 0.29) is 77.8 Å². The molecule has 0 atom stereocenters. The molecule has 1 amide bonds. The maximum absolute atomic E-state index is 12.0. The van der Waals surface area contributed by atoms with Gasteiger partial charge >= 0.3 is 11.9 Å². The summed E-state index contributed by atoms with van der Waals surface area (Å²) in [6, 6.07) is 9.01. The number of benzene rings is 2. The van der Waals surface area contributed by atoms with Crippen LogP contribution >= 0.6 is 15.9 Å². The first-order chi connectivity index (χ1) is 18.6. The molecule has 2 rings (SSSR count). The van der Waals surface area contributed by atoms with Crippen molar-refractivity contribution in [3.05, 3.63) is 50.5 Å². The van der Waals surface area contributed by atoms with Crippen LogP contribution in [0.3, 0.4) is 0 Å². The van der Waals surface area contributed by atoms with Gasteiger partial charge in [-0.05, 0) is 48.0 Å². The van der Waals surface area contributed by atoms with Gasteiger partial charge in [-0.3, -0.25) is 24.5 Å². The predicted octanol–water partition coefficient (Wildman–Crippen LogP) is 5.32. The van der Waals surface area contributed by atoms with Crippen LogP contribution in [0, 0.1) is 21.4 Å². The number of nitrogens with one attached hydrogen (secondary N) is 1. The zero-order valence-electron chi connectivity index (χ0n) is 21.6. The molecule has 206 valence electrons. The SMILES string of the molecule is CCOC(=O)CCN(CCC(=O)OCC)c1ccc(N=Nc2c(Br)cc([N+](=O)[O-])cc2C#N)c(NC(C)=O)c1. The van der Waals surface area contributed by atoms with E-state index in [4.69, 9.17) is 9.47 Å². The highest BCUT2D eigenvalue weighted by molar-refractivity contribution is 9.10. The highest BCUT2D eigenvalue weighted by Gasteiger charge is 2.17. The van der Waals surface area contributed by atoms with Crippen LogP contribution in [0.25, 0.3) is 0 Å². The second-order valence-corrected chi connectivity index (χ2v) is 8.73. The average Bonchev–Trinajstić information content (AvgIpc) is 2.88. The molecule has 13 nitrogen and oxygen atoms in total. The van der Waals surface area contributed by atoms with Gasteiger partial charge in [0.1, 0.15) is 17.4 Å². The molecule has 14 heteroatoms. The second kappa shape index (κ2) is 15.1. The molecule has 0 bridgehead atoms. The van der Waals surface area contributed by atoms with Crippen molar-refractivity contribution in [3.8, 4) is 6.07 Å². The number of carbonyl (C=O) groups excluding carboxylic acids is 3. The molecule has 2 aromatic carbocycles. The summed E-state index contributed by atoms with van der Waals surface area (Å²) in [6.07, 6.45) is 0.136. The van der Waals surface area contributed by atoms with Crippen LogP contribution < -0.4 is 10.2 Å². The highest BCUT2D eigenvalue weighted by Crippen LogP contribution is 2.37. The number of rotatable bonds is 13.